The Bertz CT molecular complexity index is 774. The Morgan fingerprint density at radius 1 is 1.17 bits per heavy atom. The van der Waals surface area contributed by atoms with Crippen molar-refractivity contribution in [3.05, 3.63) is 35.9 Å². The van der Waals surface area contributed by atoms with Crippen molar-refractivity contribution >= 4 is 18.0 Å². The van der Waals surface area contributed by atoms with E-state index in [-0.39, 0.29) is 24.4 Å². The van der Waals surface area contributed by atoms with Gasteiger partial charge in [0, 0.05) is 6.54 Å². The van der Waals surface area contributed by atoms with Crippen LogP contribution < -0.4 is 5.32 Å². The molecule has 7 heteroatoms. The second-order valence-electron chi connectivity index (χ2n) is 9.32. The maximum absolute atomic E-state index is 13.5. The Balaban J connectivity index is 1.72. The molecule has 1 saturated carbocycles. The predicted molar refractivity (Wildman–Crippen MR) is 111 cm³/mol. The zero-order chi connectivity index (χ0) is 21.9. The molecular weight excluding hydrogens is 384 g/mol. The number of hydrogen-bond acceptors (Lipinski definition) is 5. The van der Waals surface area contributed by atoms with Gasteiger partial charge in [-0.05, 0) is 35.7 Å². The summed E-state index contributed by atoms with van der Waals surface area (Å²) in [4.78, 5) is 40.1. The highest BCUT2D eigenvalue weighted by Gasteiger charge is 2.52. The summed E-state index contributed by atoms with van der Waals surface area (Å²) in [6.45, 7) is 6.30. The van der Waals surface area contributed by atoms with E-state index in [1.165, 1.54) is 7.11 Å². The quantitative estimate of drug-likeness (QED) is 0.746. The van der Waals surface area contributed by atoms with E-state index in [1.54, 1.807) is 4.90 Å². The molecule has 2 amide bonds. The number of carbonyl (C=O) groups is 3. The Kier molecular flexibility index (Phi) is 6.68. The summed E-state index contributed by atoms with van der Waals surface area (Å²) in [6.07, 6.45) is 2.34. The number of likely N-dealkylation sites (tertiary alicyclic amines) is 1. The topological polar surface area (TPSA) is 84.9 Å². The molecular formula is C23H32N2O5. The third kappa shape index (κ3) is 4.77. The summed E-state index contributed by atoms with van der Waals surface area (Å²) in [7, 11) is 1.35. The number of benzene rings is 1. The molecule has 0 unspecified atom stereocenters. The average molecular weight is 417 g/mol. The van der Waals surface area contributed by atoms with Crippen molar-refractivity contribution in [2.45, 2.75) is 58.7 Å². The maximum atomic E-state index is 13.5. The van der Waals surface area contributed by atoms with Crippen LogP contribution in [-0.4, -0.2) is 48.6 Å². The highest BCUT2D eigenvalue weighted by atomic mass is 16.5. The van der Waals surface area contributed by atoms with Crippen LogP contribution >= 0.6 is 0 Å². The zero-order valence-electron chi connectivity index (χ0n) is 18.2. The van der Waals surface area contributed by atoms with E-state index in [0.717, 1.165) is 24.8 Å². The Hall–Kier alpha value is -2.57. The van der Waals surface area contributed by atoms with Gasteiger partial charge in [-0.1, -0.05) is 57.5 Å². The van der Waals surface area contributed by atoms with Gasteiger partial charge in [0.1, 0.15) is 18.7 Å². The fraction of sp³-hybridized carbons (Fsp3) is 0.609. The first-order valence-corrected chi connectivity index (χ1v) is 10.6. The second kappa shape index (κ2) is 9.06. The van der Waals surface area contributed by atoms with Crippen LogP contribution in [0.2, 0.25) is 0 Å². The number of amides is 2. The van der Waals surface area contributed by atoms with E-state index in [4.69, 9.17) is 9.47 Å². The summed E-state index contributed by atoms with van der Waals surface area (Å²) >= 11 is 0. The van der Waals surface area contributed by atoms with Gasteiger partial charge in [0.2, 0.25) is 5.91 Å². The molecule has 7 nitrogen and oxygen atoms in total. The first-order chi connectivity index (χ1) is 14.2. The molecule has 1 saturated heterocycles. The van der Waals surface area contributed by atoms with Gasteiger partial charge in [0.05, 0.1) is 7.11 Å². The van der Waals surface area contributed by atoms with Crippen molar-refractivity contribution in [1.29, 1.82) is 0 Å². The van der Waals surface area contributed by atoms with Crippen LogP contribution in [0.5, 0.6) is 0 Å². The number of alkyl carbamates (subject to hydrolysis) is 1. The lowest BCUT2D eigenvalue weighted by molar-refractivity contribution is -0.154. The molecule has 30 heavy (non-hydrogen) atoms. The molecule has 4 atom stereocenters. The number of rotatable bonds is 5. The molecule has 1 aliphatic heterocycles. The van der Waals surface area contributed by atoms with Crippen LogP contribution in [0.15, 0.2) is 30.3 Å². The van der Waals surface area contributed by atoms with E-state index >= 15 is 0 Å². The van der Waals surface area contributed by atoms with Crippen LogP contribution in [0.4, 0.5) is 4.79 Å². The minimum atomic E-state index is -0.813. The third-order valence-electron chi connectivity index (χ3n) is 6.20. The molecule has 1 heterocycles. The summed E-state index contributed by atoms with van der Waals surface area (Å²) < 4.78 is 10.3. The zero-order valence-corrected chi connectivity index (χ0v) is 18.2. The monoisotopic (exact) mass is 416 g/mol. The van der Waals surface area contributed by atoms with Gasteiger partial charge in [-0.2, -0.15) is 0 Å². The fourth-order valence-electron chi connectivity index (χ4n) is 4.65. The predicted octanol–water partition coefficient (Wildman–Crippen LogP) is 3.13. The first kappa shape index (κ1) is 22.1. The lowest BCUT2D eigenvalue weighted by atomic mass is 9.85. The normalized spacial score (nSPS) is 24.1. The number of fused-ring (bicyclic) bond motifs is 1. The fourth-order valence-corrected chi connectivity index (χ4v) is 4.65. The third-order valence-corrected chi connectivity index (χ3v) is 6.20. The molecule has 164 valence electrons. The van der Waals surface area contributed by atoms with Crippen LogP contribution in [0.3, 0.4) is 0 Å². The number of nitrogens with one attached hydrogen (secondary N) is 1. The number of nitrogens with zero attached hydrogens (tertiary/aromatic N) is 1. The molecule has 1 aliphatic carbocycles. The lowest BCUT2D eigenvalue weighted by Crippen LogP contribution is -2.57. The summed E-state index contributed by atoms with van der Waals surface area (Å²) in [5.41, 5.74) is 0.311. The molecule has 2 fully saturated rings. The Morgan fingerprint density at radius 2 is 1.87 bits per heavy atom. The minimum absolute atomic E-state index is 0.121. The van der Waals surface area contributed by atoms with E-state index in [2.05, 4.69) is 5.32 Å². The maximum Gasteiger partial charge on any atom is 0.408 e. The van der Waals surface area contributed by atoms with E-state index < -0.39 is 23.6 Å². The van der Waals surface area contributed by atoms with Crippen LogP contribution in [-0.2, 0) is 25.7 Å². The molecule has 1 N–H and O–H groups in total. The number of carbonyl (C=O) groups excluding carboxylic acids is 3. The summed E-state index contributed by atoms with van der Waals surface area (Å²) in [5, 5.41) is 2.74. The number of hydrogen-bond donors (Lipinski definition) is 1. The SMILES string of the molecule is COC(=O)[C@@H]1[C@H]2CCC[C@H]2CN1C(=O)[C@@H](NC(=O)OCc1ccccc1)C(C)(C)C. The lowest BCUT2D eigenvalue weighted by Gasteiger charge is -2.35. The summed E-state index contributed by atoms with van der Waals surface area (Å²) in [5.74, 6) is -0.197. The van der Waals surface area contributed by atoms with Gasteiger partial charge in [-0.25, -0.2) is 9.59 Å². The largest absolute Gasteiger partial charge is 0.467 e. The van der Waals surface area contributed by atoms with Gasteiger partial charge in [-0.15, -0.1) is 0 Å². The number of methoxy groups -OCH3 is 1. The Morgan fingerprint density at radius 3 is 2.50 bits per heavy atom. The van der Waals surface area contributed by atoms with Crippen molar-refractivity contribution in [2.24, 2.45) is 17.3 Å². The highest BCUT2D eigenvalue weighted by molar-refractivity contribution is 5.91. The summed E-state index contributed by atoms with van der Waals surface area (Å²) in [6, 6.07) is 7.97. The van der Waals surface area contributed by atoms with Crippen LogP contribution in [0.1, 0.15) is 45.6 Å². The molecule has 1 aromatic carbocycles. The van der Waals surface area contributed by atoms with E-state index in [0.29, 0.717) is 12.5 Å². The first-order valence-electron chi connectivity index (χ1n) is 10.6. The number of esters is 1. The highest BCUT2D eigenvalue weighted by Crippen LogP contribution is 2.43. The molecule has 0 aromatic heterocycles. The van der Waals surface area contributed by atoms with Gasteiger partial charge >= 0.3 is 12.1 Å². The van der Waals surface area contributed by atoms with Crippen molar-refractivity contribution in [3.63, 3.8) is 0 Å². The van der Waals surface area contributed by atoms with Gasteiger partial charge in [-0.3, -0.25) is 4.79 Å². The smallest absolute Gasteiger partial charge is 0.408 e. The molecule has 3 rings (SSSR count). The second-order valence-corrected chi connectivity index (χ2v) is 9.32. The van der Waals surface area contributed by atoms with Crippen LogP contribution in [0, 0.1) is 17.3 Å². The van der Waals surface area contributed by atoms with Crippen molar-refractivity contribution in [2.75, 3.05) is 13.7 Å². The van der Waals surface area contributed by atoms with Crippen molar-refractivity contribution in [1.82, 2.24) is 10.2 Å². The molecule has 0 bridgehead atoms. The van der Waals surface area contributed by atoms with E-state index in [9.17, 15) is 14.4 Å². The average Bonchev–Trinajstić information content (AvgIpc) is 3.30. The molecule has 2 aliphatic rings. The minimum Gasteiger partial charge on any atom is -0.467 e. The Labute approximate surface area is 178 Å². The molecule has 0 radical (unpaired) electrons. The van der Waals surface area contributed by atoms with Crippen molar-refractivity contribution < 1.29 is 23.9 Å². The number of ether oxygens (including phenoxy) is 2. The van der Waals surface area contributed by atoms with Gasteiger partial charge in [0.25, 0.3) is 0 Å². The van der Waals surface area contributed by atoms with Crippen LogP contribution in [0.25, 0.3) is 0 Å². The van der Waals surface area contributed by atoms with Gasteiger partial charge in [0.15, 0.2) is 0 Å². The molecule has 1 aromatic rings. The standard InChI is InChI=1S/C23H32N2O5/c1-23(2,3)19(24-22(28)30-14-15-9-6-5-7-10-15)20(26)25-13-16-11-8-12-17(16)18(25)21(27)29-4/h5-7,9-10,16-19H,8,11-14H2,1-4H3,(H,24,28)/t16-,17-,18-,19+/m0/s1. The van der Waals surface area contributed by atoms with E-state index in [1.807, 2.05) is 51.1 Å². The van der Waals surface area contributed by atoms with Gasteiger partial charge < -0.3 is 19.7 Å². The van der Waals surface area contributed by atoms with Crippen molar-refractivity contribution in [3.8, 4) is 0 Å². The molecule has 0 spiro atoms.